The number of nitriles is 1. The lowest BCUT2D eigenvalue weighted by atomic mass is 10.1. The molecule has 1 aliphatic heterocycles. The third-order valence-corrected chi connectivity index (χ3v) is 4.19. The van der Waals surface area contributed by atoms with Gasteiger partial charge in [-0.05, 0) is 36.2 Å². The normalized spacial score (nSPS) is 18.1. The lowest BCUT2D eigenvalue weighted by Gasteiger charge is -2.40. The number of allylic oxidation sites excluding steroid dienone is 1. The van der Waals surface area contributed by atoms with Crippen molar-refractivity contribution in [1.29, 1.82) is 5.26 Å². The molecule has 2 rings (SSSR count). The first-order valence-corrected chi connectivity index (χ1v) is 7.65. The molecule has 1 heterocycles. The van der Waals surface area contributed by atoms with Gasteiger partial charge in [0.2, 0.25) is 0 Å². The molecule has 1 aromatic carbocycles. The van der Waals surface area contributed by atoms with Crippen LogP contribution >= 0.6 is 0 Å². The van der Waals surface area contributed by atoms with Crippen LogP contribution in [0, 0.1) is 17.1 Å². The zero-order chi connectivity index (χ0) is 15.9. The second-order valence-corrected chi connectivity index (χ2v) is 5.43. The molecule has 22 heavy (non-hydrogen) atoms. The number of aliphatic hydroxyl groups excluding tert-OH is 1. The number of benzene rings is 1. The minimum absolute atomic E-state index is 0.176. The Balaban J connectivity index is 2.08. The smallest absolute Gasteiger partial charge is 0.123 e. The molecule has 0 spiro atoms. The highest BCUT2D eigenvalue weighted by Crippen LogP contribution is 2.22. The molecule has 1 fully saturated rings. The van der Waals surface area contributed by atoms with Gasteiger partial charge in [-0.3, -0.25) is 4.90 Å². The summed E-state index contributed by atoms with van der Waals surface area (Å²) in [5.41, 5.74) is 1.68. The predicted molar refractivity (Wildman–Crippen MR) is 84.3 cm³/mol. The quantitative estimate of drug-likeness (QED) is 0.846. The first-order valence-electron chi connectivity index (χ1n) is 7.65. The van der Waals surface area contributed by atoms with Gasteiger partial charge in [0.25, 0.3) is 0 Å². The van der Waals surface area contributed by atoms with E-state index < -0.39 is 0 Å². The number of piperazine rings is 1. The number of hydrogen-bond donors (Lipinski definition) is 1. The maximum absolute atomic E-state index is 13.1. The van der Waals surface area contributed by atoms with E-state index in [2.05, 4.69) is 22.8 Å². The van der Waals surface area contributed by atoms with Crippen LogP contribution in [0.3, 0.4) is 0 Å². The zero-order valence-corrected chi connectivity index (χ0v) is 12.9. The second-order valence-electron chi connectivity index (χ2n) is 5.43. The van der Waals surface area contributed by atoms with Crippen LogP contribution in [0.25, 0.3) is 5.70 Å². The minimum atomic E-state index is -0.279. The second kappa shape index (κ2) is 7.92. The summed E-state index contributed by atoms with van der Waals surface area (Å²) >= 11 is 0. The summed E-state index contributed by atoms with van der Waals surface area (Å²) in [6, 6.07) is 8.52. The fourth-order valence-electron chi connectivity index (χ4n) is 2.87. The Hall–Kier alpha value is -1.90. The summed E-state index contributed by atoms with van der Waals surface area (Å²) in [5.74, 6) is -0.279. The molecular weight excluding hydrogens is 281 g/mol. The monoisotopic (exact) mass is 303 g/mol. The van der Waals surface area contributed by atoms with Crippen molar-refractivity contribution in [1.82, 2.24) is 9.80 Å². The Morgan fingerprint density at radius 2 is 1.95 bits per heavy atom. The van der Waals surface area contributed by atoms with E-state index >= 15 is 0 Å². The molecule has 4 nitrogen and oxygen atoms in total. The first kappa shape index (κ1) is 16.5. The van der Waals surface area contributed by atoms with Gasteiger partial charge in [0, 0.05) is 38.3 Å². The summed E-state index contributed by atoms with van der Waals surface area (Å²) in [4.78, 5) is 4.43. The van der Waals surface area contributed by atoms with Gasteiger partial charge in [-0.2, -0.15) is 5.26 Å². The Morgan fingerprint density at radius 1 is 1.32 bits per heavy atom. The molecule has 0 aromatic heterocycles. The lowest BCUT2D eigenvalue weighted by Crippen LogP contribution is -2.50. The van der Waals surface area contributed by atoms with Crippen LogP contribution < -0.4 is 0 Å². The van der Waals surface area contributed by atoms with E-state index in [-0.39, 0.29) is 18.5 Å². The molecule has 1 unspecified atom stereocenters. The third kappa shape index (κ3) is 3.85. The van der Waals surface area contributed by atoms with Crippen LogP contribution in [0.4, 0.5) is 4.39 Å². The Morgan fingerprint density at radius 3 is 2.45 bits per heavy atom. The Kier molecular flexibility index (Phi) is 5.93. The molecule has 0 radical (unpaired) electrons. The van der Waals surface area contributed by atoms with Gasteiger partial charge in [0.1, 0.15) is 5.82 Å². The van der Waals surface area contributed by atoms with Crippen LogP contribution in [-0.4, -0.2) is 53.7 Å². The van der Waals surface area contributed by atoms with Crippen LogP contribution in [0.2, 0.25) is 0 Å². The number of hydrogen-bond acceptors (Lipinski definition) is 4. The molecule has 1 saturated heterocycles. The van der Waals surface area contributed by atoms with Crippen LogP contribution in [-0.2, 0) is 0 Å². The van der Waals surface area contributed by atoms with Crippen molar-refractivity contribution in [3.05, 3.63) is 41.7 Å². The third-order valence-electron chi connectivity index (χ3n) is 4.19. The van der Waals surface area contributed by atoms with Crippen molar-refractivity contribution < 1.29 is 9.50 Å². The molecule has 1 N–H and O–H groups in total. The van der Waals surface area contributed by atoms with Crippen molar-refractivity contribution in [2.24, 2.45) is 0 Å². The topological polar surface area (TPSA) is 50.5 Å². The summed E-state index contributed by atoms with van der Waals surface area (Å²) in [6.07, 6.45) is 2.45. The maximum Gasteiger partial charge on any atom is 0.123 e. The van der Waals surface area contributed by atoms with Crippen LogP contribution in [0.5, 0.6) is 0 Å². The van der Waals surface area contributed by atoms with E-state index in [0.717, 1.165) is 43.9 Å². The molecule has 118 valence electrons. The highest BCUT2D eigenvalue weighted by molar-refractivity contribution is 5.66. The average Bonchev–Trinajstić information content (AvgIpc) is 2.56. The zero-order valence-electron chi connectivity index (χ0n) is 12.9. The molecule has 1 aromatic rings. The summed E-state index contributed by atoms with van der Waals surface area (Å²) in [5, 5.41) is 18.4. The van der Waals surface area contributed by atoms with E-state index in [1.165, 1.54) is 18.2 Å². The molecule has 0 saturated carbocycles. The molecule has 0 amide bonds. The van der Waals surface area contributed by atoms with Gasteiger partial charge in [0.15, 0.2) is 0 Å². The number of nitrogens with zero attached hydrogens (tertiary/aromatic N) is 3. The van der Waals surface area contributed by atoms with Gasteiger partial charge >= 0.3 is 0 Å². The fourth-order valence-corrected chi connectivity index (χ4v) is 2.87. The van der Waals surface area contributed by atoms with E-state index in [9.17, 15) is 9.50 Å². The van der Waals surface area contributed by atoms with Crippen molar-refractivity contribution in [3.8, 4) is 6.07 Å². The number of aliphatic hydroxyl groups is 1. The highest BCUT2D eigenvalue weighted by Gasteiger charge is 2.23. The van der Waals surface area contributed by atoms with E-state index in [0.29, 0.717) is 0 Å². The summed E-state index contributed by atoms with van der Waals surface area (Å²) in [7, 11) is 0. The first-order chi connectivity index (χ1) is 10.7. The summed E-state index contributed by atoms with van der Waals surface area (Å²) < 4.78 is 13.1. The fraction of sp³-hybridized carbons (Fsp3) is 0.471. The number of halogens is 1. The van der Waals surface area contributed by atoms with Gasteiger partial charge in [-0.1, -0.05) is 6.92 Å². The van der Waals surface area contributed by atoms with Crippen molar-refractivity contribution in [2.45, 2.75) is 19.4 Å². The molecule has 5 heteroatoms. The largest absolute Gasteiger partial charge is 0.395 e. The van der Waals surface area contributed by atoms with Crippen molar-refractivity contribution >= 4 is 5.70 Å². The molecule has 1 atom stereocenters. The molecule has 0 aliphatic carbocycles. The Labute approximate surface area is 131 Å². The minimum Gasteiger partial charge on any atom is -0.395 e. The standard InChI is InChI=1S/C17H22FN3O/c1-2-16(13-22)20-9-11-21(12-10-20)17(7-8-19)14-3-5-15(18)6-4-14/h3-7,16,22H,2,9-13H2,1H3/b17-7+. The van der Waals surface area contributed by atoms with Gasteiger partial charge in [-0.15, -0.1) is 0 Å². The van der Waals surface area contributed by atoms with Gasteiger partial charge < -0.3 is 10.0 Å². The molecular formula is C17H22FN3O. The Bertz CT molecular complexity index is 538. The van der Waals surface area contributed by atoms with Crippen molar-refractivity contribution in [2.75, 3.05) is 32.8 Å². The van der Waals surface area contributed by atoms with E-state index in [4.69, 9.17) is 5.26 Å². The SMILES string of the molecule is CCC(CO)N1CCN(/C(=C/C#N)c2ccc(F)cc2)CC1. The number of rotatable bonds is 5. The average molecular weight is 303 g/mol. The van der Waals surface area contributed by atoms with Crippen LogP contribution in [0.1, 0.15) is 18.9 Å². The molecule has 0 bridgehead atoms. The van der Waals surface area contributed by atoms with Gasteiger partial charge in [0.05, 0.1) is 18.4 Å². The lowest BCUT2D eigenvalue weighted by molar-refractivity contribution is 0.0824. The van der Waals surface area contributed by atoms with Crippen molar-refractivity contribution in [3.63, 3.8) is 0 Å². The predicted octanol–water partition coefficient (Wildman–Crippen LogP) is 2.08. The van der Waals surface area contributed by atoms with E-state index in [1.54, 1.807) is 12.1 Å². The van der Waals surface area contributed by atoms with Crippen LogP contribution in [0.15, 0.2) is 30.3 Å². The van der Waals surface area contributed by atoms with E-state index in [1.807, 2.05) is 0 Å². The molecule has 1 aliphatic rings. The highest BCUT2D eigenvalue weighted by atomic mass is 19.1. The summed E-state index contributed by atoms with van der Waals surface area (Å²) in [6.45, 7) is 5.54. The maximum atomic E-state index is 13.1. The van der Waals surface area contributed by atoms with Gasteiger partial charge in [-0.25, -0.2) is 4.39 Å².